The lowest BCUT2D eigenvalue weighted by Crippen LogP contribution is -2.06. The van der Waals surface area contributed by atoms with E-state index in [0.29, 0.717) is 5.75 Å². The topological polar surface area (TPSA) is 50.9 Å². The molecule has 0 radical (unpaired) electrons. The summed E-state index contributed by atoms with van der Waals surface area (Å²) in [4.78, 5) is 0. The number of hydrogen-bond acceptors (Lipinski definition) is 4. The highest BCUT2D eigenvalue weighted by Crippen LogP contribution is 2.24. The van der Waals surface area contributed by atoms with Gasteiger partial charge >= 0.3 is 0 Å². The van der Waals surface area contributed by atoms with Crippen LogP contribution in [0.5, 0.6) is 0 Å². The van der Waals surface area contributed by atoms with Gasteiger partial charge in [0, 0.05) is 5.75 Å². The van der Waals surface area contributed by atoms with Crippen LogP contribution in [0.25, 0.3) is 0 Å². The van der Waals surface area contributed by atoms with E-state index in [1.165, 1.54) is 17.3 Å². The molecular weight excluding hydrogens is 306 g/mol. The van der Waals surface area contributed by atoms with Gasteiger partial charge in [-0.15, -0.1) is 10.2 Å². The van der Waals surface area contributed by atoms with E-state index in [9.17, 15) is 5.11 Å². The number of aryl methyl sites for hydroxylation is 1. The van der Waals surface area contributed by atoms with E-state index in [1.54, 1.807) is 0 Å². The fourth-order valence-electron chi connectivity index (χ4n) is 2.34. The lowest BCUT2D eigenvalue weighted by atomic mass is 10.1. The highest BCUT2D eigenvalue weighted by molar-refractivity contribution is 7.99. The van der Waals surface area contributed by atoms with Gasteiger partial charge in [0.05, 0.1) is 12.6 Å². The number of aliphatic hydroxyl groups is 1. The van der Waals surface area contributed by atoms with Crippen LogP contribution in [-0.4, -0.2) is 25.6 Å². The van der Waals surface area contributed by atoms with E-state index in [0.717, 1.165) is 23.1 Å². The van der Waals surface area contributed by atoms with Crippen molar-refractivity contribution >= 4 is 11.8 Å². The van der Waals surface area contributed by atoms with Crippen molar-refractivity contribution in [2.24, 2.45) is 0 Å². The summed E-state index contributed by atoms with van der Waals surface area (Å²) >= 11 is 1.53. The number of aromatic nitrogens is 3. The van der Waals surface area contributed by atoms with Gasteiger partial charge < -0.3 is 9.67 Å². The largest absolute Gasteiger partial charge is 0.388 e. The average Bonchev–Trinajstić information content (AvgIpc) is 2.94. The van der Waals surface area contributed by atoms with Gasteiger partial charge in [-0.1, -0.05) is 72.4 Å². The fourth-order valence-corrected chi connectivity index (χ4v) is 3.29. The summed E-state index contributed by atoms with van der Waals surface area (Å²) in [5, 5.41) is 19.5. The summed E-state index contributed by atoms with van der Waals surface area (Å²) in [6, 6.07) is 19.9. The zero-order chi connectivity index (χ0) is 16.1. The number of nitrogens with zero attached hydrogens (tertiary/aromatic N) is 3. The smallest absolute Gasteiger partial charge is 0.191 e. The SMILES string of the molecule is Cc1nnc(SCC(O)c2ccccc2)n1Cc1ccccc1. The van der Waals surface area contributed by atoms with E-state index in [1.807, 2.05) is 55.5 Å². The molecule has 2 aromatic carbocycles. The van der Waals surface area contributed by atoms with Crippen LogP contribution >= 0.6 is 11.8 Å². The van der Waals surface area contributed by atoms with E-state index in [2.05, 4.69) is 26.9 Å². The van der Waals surface area contributed by atoms with E-state index >= 15 is 0 Å². The summed E-state index contributed by atoms with van der Waals surface area (Å²) in [5.74, 6) is 1.43. The molecule has 23 heavy (non-hydrogen) atoms. The predicted molar refractivity (Wildman–Crippen MR) is 92.4 cm³/mol. The zero-order valence-electron chi connectivity index (χ0n) is 13.0. The van der Waals surface area contributed by atoms with Crippen LogP contribution in [0.3, 0.4) is 0 Å². The van der Waals surface area contributed by atoms with Gasteiger partial charge in [0.1, 0.15) is 5.82 Å². The van der Waals surface area contributed by atoms with Crippen molar-refractivity contribution in [1.29, 1.82) is 0 Å². The first-order valence-corrected chi connectivity index (χ1v) is 8.52. The molecule has 0 saturated heterocycles. The number of aliphatic hydroxyl groups excluding tert-OH is 1. The number of thioether (sulfide) groups is 1. The van der Waals surface area contributed by atoms with E-state index < -0.39 is 6.10 Å². The molecule has 0 spiro atoms. The molecule has 1 atom stereocenters. The molecule has 3 aromatic rings. The predicted octanol–water partition coefficient (Wildman–Crippen LogP) is 3.46. The molecule has 1 heterocycles. The highest BCUT2D eigenvalue weighted by Gasteiger charge is 2.13. The lowest BCUT2D eigenvalue weighted by Gasteiger charge is -2.12. The van der Waals surface area contributed by atoms with Crippen LogP contribution < -0.4 is 0 Å². The normalized spacial score (nSPS) is 12.3. The monoisotopic (exact) mass is 325 g/mol. The Labute approximate surface area is 140 Å². The Morgan fingerprint density at radius 2 is 1.65 bits per heavy atom. The molecule has 0 aliphatic rings. The molecule has 118 valence electrons. The molecule has 1 N–H and O–H groups in total. The average molecular weight is 325 g/mol. The summed E-state index contributed by atoms with van der Waals surface area (Å²) in [6.45, 7) is 2.69. The Hall–Kier alpha value is -2.11. The van der Waals surface area contributed by atoms with Gasteiger partial charge in [0.25, 0.3) is 0 Å². The van der Waals surface area contributed by atoms with Gasteiger partial charge in [0.15, 0.2) is 5.16 Å². The summed E-state index contributed by atoms with van der Waals surface area (Å²) < 4.78 is 2.08. The van der Waals surface area contributed by atoms with Crippen molar-refractivity contribution in [3.63, 3.8) is 0 Å². The molecule has 0 fully saturated rings. The van der Waals surface area contributed by atoms with Gasteiger partial charge in [-0.05, 0) is 18.1 Å². The van der Waals surface area contributed by atoms with Crippen molar-refractivity contribution in [1.82, 2.24) is 14.8 Å². The first-order chi connectivity index (χ1) is 11.2. The van der Waals surface area contributed by atoms with E-state index in [4.69, 9.17) is 0 Å². The molecule has 4 nitrogen and oxygen atoms in total. The van der Waals surface area contributed by atoms with Crippen LogP contribution in [0.4, 0.5) is 0 Å². The van der Waals surface area contributed by atoms with Crippen LogP contribution in [0, 0.1) is 6.92 Å². The van der Waals surface area contributed by atoms with Crippen LogP contribution in [0.2, 0.25) is 0 Å². The van der Waals surface area contributed by atoms with Gasteiger partial charge in [-0.3, -0.25) is 0 Å². The highest BCUT2D eigenvalue weighted by atomic mass is 32.2. The van der Waals surface area contributed by atoms with Gasteiger partial charge in [-0.25, -0.2) is 0 Å². The Morgan fingerprint density at radius 3 is 2.35 bits per heavy atom. The molecule has 0 aliphatic carbocycles. The molecule has 0 bridgehead atoms. The maximum Gasteiger partial charge on any atom is 0.191 e. The Bertz CT molecular complexity index is 743. The maximum absolute atomic E-state index is 10.3. The second-order valence-corrected chi connectivity index (χ2v) is 6.33. The molecule has 1 aromatic heterocycles. The summed E-state index contributed by atoms with van der Waals surface area (Å²) in [7, 11) is 0. The third kappa shape index (κ3) is 4.00. The van der Waals surface area contributed by atoms with E-state index in [-0.39, 0.29) is 0 Å². The first-order valence-electron chi connectivity index (χ1n) is 7.53. The second kappa shape index (κ2) is 7.44. The van der Waals surface area contributed by atoms with Crippen molar-refractivity contribution in [2.75, 3.05) is 5.75 Å². The Kier molecular flexibility index (Phi) is 5.10. The molecule has 3 rings (SSSR count). The second-order valence-electron chi connectivity index (χ2n) is 5.34. The number of hydrogen-bond donors (Lipinski definition) is 1. The third-order valence-electron chi connectivity index (χ3n) is 3.64. The first kappa shape index (κ1) is 15.8. The number of benzene rings is 2. The number of rotatable bonds is 6. The van der Waals surface area contributed by atoms with Gasteiger partial charge in [-0.2, -0.15) is 0 Å². The molecule has 0 aliphatic heterocycles. The van der Waals surface area contributed by atoms with Crippen molar-refractivity contribution < 1.29 is 5.11 Å². The standard InChI is InChI=1S/C18H19N3OS/c1-14-19-20-18(21(14)12-15-8-4-2-5-9-15)23-13-17(22)16-10-6-3-7-11-16/h2-11,17,22H,12-13H2,1H3. The van der Waals surface area contributed by atoms with Crippen molar-refractivity contribution in [3.05, 3.63) is 77.6 Å². The molecule has 0 amide bonds. The summed E-state index contributed by atoms with van der Waals surface area (Å²) in [5.41, 5.74) is 2.13. The minimum absolute atomic E-state index is 0.511. The van der Waals surface area contributed by atoms with Crippen molar-refractivity contribution in [2.45, 2.75) is 24.7 Å². The maximum atomic E-state index is 10.3. The lowest BCUT2D eigenvalue weighted by molar-refractivity contribution is 0.204. The van der Waals surface area contributed by atoms with Crippen LogP contribution in [0.1, 0.15) is 23.1 Å². The Morgan fingerprint density at radius 1 is 1.00 bits per heavy atom. The minimum Gasteiger partial charge on any atom is -0.388 e. The van der Waals surface area contributed by atoms with Crippen LogP contribution in [0.15, 0.2) is 65.8 Å². The van der Waals surface area contributed by atoms with Crippen molar-refractivity contribution in [3.8, 4) is 0 Å². The molecule has 1 unspecified atom stereocenters. The fraction of sp³-hybridized carbons (Fsp3) is 0.222. The summed E-state index contributed by atoms with van der Waals surface area (Å²) in [6.07, 6.45) is -0.511. The quantitative estimate of drug-likeness (QED) is 0.705. The van der Waals surface area contributed by atoms with Gasteiger partial charge in [0.2, 0.25) is 0 Å². The van der Waals surface area contributed by atoms with Crippen LogP contribution in [-0.2, 0) is 6.54 Å². The minimum atomic E-state index is -0.511. The Balaban J connectivity index is 1.69. The molecule has 5 heteroatoms. The molecule has 0 saturated carbocycles. The molecular formula is C18H19N3OS. The third-order valence-corrected chi connectivity index (χ3v) is 4.68. The zero-order valence-corrected chi connectivity index (χ0v) is 13.8.